The molecule has 2 N–H and O–H groups in total. The van der Waals surface area contributed by atoms with Gasteiger partial charge in [-0.05, 0) is 19.1 Å². The lowest BCUT2D eigenvalue weighted by atomic mass is 10.2. The quantitative estimate of drug-likeness (QED) is 0.402. The van der Waals surface area contributed by atoms with E-state index >= 15 is 0 Å². The van der Waals surface area contributed by atoms with Crippen LogP contribution in [-0.2, 0) is 25.2 Å². The maximum Gasteiger partial charge on any atom is 0.315 e. The number of ether oxygens (including phenoxy) is 1. The number of amides is 1. The zero-order chi connectivity index (χ0) is 14.3. The number of benzene rings is 1. The van der Waals surface area contributed by atoms with E-state index in [-0.39, 0.29) is 18.0 Å². The van der Waals surface area contributed by atoms with Crippen LogP contribution in [0.15, 0.2) is 24.3 Å². The fraction of sp³-hybridized carbons (Fsp3) is 0.273. The summed E-state index contributed by atoms with van der Waals surface area (Å²) in [7, 11) is -2.83. The Morgan fingerprint density at radius 3 is 2.42 bits per heavy atom. The number of carbonyl (C=O) groups excluding carboxylic acids is 2. The molecule has 0 saturated heterocycles. The maximum atomic E-state index is 11.5. The van der Waals surface area contributed by atoms with Crippen LogP contribution in [0.2, 0.25) is 0 Å². The molecule has 1 amide bonds. The van der Waals surface area contributed by atoms with Crippen molar-refractivity contribution in [3.63, 3.8) is 0 Å². The zero-order valence-corrected chi connectivity index (χ0v) is 11.1. The van der Waals surface area contributed by atoms with Crippen molar-refractivity contribution in [3.05, 3.63) is 24.3 Å². The van der Waals surface area contributed by atoms with E-state index in [9.17, 15) is 18.0 Å². The summed E-state index contributed by atoms with van der Waals surface area (Å²) in [6.45, 7) is 1.83. The van der Waals surface area contributed by atoms with E-state index in [1.165, 1.54) is 12.1 Å². The van der Waals surface area contributed by atoms with Crippen molar-refractivity contribution in [2.75, 3.05) is 16.6 Å². The van der Waals surface area contributed by atoms with Gasteiger partial charge in [-0.1, -0.05) is 12.1 Å². The molecule has 0 aromatic heterocycles. The highest BCUT2D eigenvalue weighted by Gasteiger charge is 2.12. The summed E-state index contributed by atoms with van der Waals surface area (Å²) in [6.07, 6.45) is -0.425. The van der Waals surface area contributed by atoms with Crippen molar-refractivity contribution in [1.29, 1.82) is 0 Å². The fourth-order valence-corrected chi connectivity index (χ4v) is 1.72. The summed E-state index contributed by atoms with van der Waals surface area (Å²) in [5.41, 5.74) is 0.506. The normalized spacial score (nSPS) is 10.0. The summed E-state index contributed by atoms with van der Waals surface area (Å²) >= 11 is 0. The number of thiol groups is 1. The third-order valence-corrected chi connectivity index (χ3v) is 2.45. The van der Waals surface area contributed by atoms with Gasteiger partial charge in [-0.25, -0.2) is 8.42 Å². The molecular formula is C11H14N2O5S. The second-order valence-corrected chi connectivity index (χ2v) is 4.18. The van der Waals surface area contributed by atoms with Gasteiger partial charge in [0.25, 0.3) is 0 Å². The van der Waals surface area contributed by atoms with Gasteiger partial charge in [0.1, 0.15) is 6.42 Å². The molecular weight excluding hydrogens is 272 g/mol. The second kappa shape index (κ2) is 7.37. The standard InChI is InChI=1S/C11H14N2O5S/c1-2-18-11(15)7-10(14)12-8-5-3-4-6-9(8)13-19(16)17/h3-6,19H,2,7H2,1H3,(H,12,14)(H,13,16,17). The minimum Gasteiger partial charge on any atom is -0.466 e. The number of anilines is 2. The van der Waals surface area contributed by atoms with Crippen LogP contribution in [0.4, 0.5) is 11.4 Å². The van der Waals surface area contributed by atoms with Crippen LogP contribution in [0.1, 0.15) is 13.3 Å². The van der Waals surface area contributed by atoms with Crippen molar-refractivity contribution in [1.82, 2.24) is 0 Å². The number of hydrogen-bond donors (Lipinski definition) is 3. The summed E-state index contributed by atoms with van der Waals surface area (Å²) in [4.78, 5) is 22.7. The first-order valence-corrected chi connectivity index (χ1v) is 6.66. The summed E-state index contributed by atoms with van der Waals surface area (Å²) in [6, 6.07) is 6.25. The van der Waals surface area contributed by atoms with Gasteiger partial charge in [0, 0.05) is 0 Å². The van der Waals surface area contributed by atoms with Crippen LogP contribution in [0.5, 0.6) is 0 Å². The van der Waals surface area contributed by atoms with E-state index in [1.54, 1.807) is 19.1 Å². The number of rotatable bonds is 6. The molecule has 0 aliphatic rings. The minimum absolute atomic E-state index is 0.195. The molecule has 0 saturated carbocycles. The highest BCUT2D eigenvalue weighted by Crippen LogP contribution is 2.20. The number of esters is 1. The van der Waals surface area contributed by atoms with Gasteiger partial charge in [-0.2, -0.15) is 0 Å². The monoisotopic (exact) mass is 286 g/mol. The topological polar surface area (TPSA) is 102 Å². The number of hydrogen-bond acceptors (Lipinski definition) is 5. The van der Waals surface area contributed by atoms with Crippen molar-refractivity contribution >= 4 is 34.1 Å². The number of para-hydroxylation sites is 2. The van der Waals surface area contributed by atoms with E-state index in [1.807, 2.05) is 0 Å². The lowest BCUT2D eigenvalue weighted by Gasteiger charge is -2.09. The van der Waals surface area contributed by atoms with E-state index in [4.69, 9.17) is 0 Å². The molecule has 0 aliphatic carbocycles. The predicted molar refractivity (Wildman–Crippen MR) is 70.3 cm³/mol. The van der Waals surface area contributed by atoms with Gasteiger partial charge in [0.05, 0.1) is 18.0 Å². The Balaban J connectivity index is 2.71. The van der Waals surface area contributed by atoms with Gasteiger partial charge in [-0.15, -0.1) is 0 Å². The zero-order valence-electron chi connectivity index (χ0n) is 10.2. The lowest BCUT2D eigenvalue weighted by Crippen LogP contribution is -2.18. The molecule has 0 heterocycles. The van der Waals surface area contributed by atoms with Crippen LogP contribution < -0.4 is 10.0 Å². The van der Waals surface area contributed by atoms with Crippen LogP contribution in [-0.4, -0.2) is 26.9 Å². The van der Waals surface area contributed by atoms with Gasteiger partial charge in [-0.3, -0.25) is 14.3 Å². The SMILES string of the molecule is CCOC(=O)CC(=O)Nc1ccccc1N[SH](=O)=O. The minimum atomic E-state index is -2.83. The van der Waals surface area contributed by atoms with Crippen LogP contribution in [0.25, 0.3) is 0 Å². The molecule has 1 aromatic carbocycles. The molecule has 0 aliphatic heterocycles. The molecule has 0 bridgehead atoms. The first-order chi connectivity index (χ1) is 9.02. The Hall–Kier alpha value is -2.09. The molecule has 8 heteroatoms. The van der Waals surface area contributed by atoms with E-state index in [2.05, 4.69) is 14.8 Å². The molecule has 0 spiro atoms. The first kappa shape index (κ1) is 15.0. The first-order valence-electron chi connectivity index (χ1n) is 5.48. The average molecular weight is 286 g/mol. The fourth-order valence-electron chi connectivity index (χ4n) is 1.33. The third-order valence-electron chi connectivity index (χ3n) is 2.02. The summed E-state index contributed by atoms with van der Waals surface area (Å²) in [5, 5.41) is 2.44. The Kier molecular flexibility index (Phi) is 5.80. The van der Waals surface area contributed by atoms with Gasteiger partial charge >= 0.3 is 5.97 Å². The number of carbonyl (C=O) groups is 2. The molecule has 0 radical (unpaired) electrons. The Morgan fingerprint density at radius 1 is 1.21 bits per heavy atom. The molecule has 0 atom stereocenters. The third kappa shape index (κ3) is 5.38. The van der Waals surface area contributed by atoms with Crippen molar-refractivity contribution in [3.8, 4) is 0 Å². The Bertz CT molecular complexity index is 534. The molecule has 1 rings (SSSR count). The van der Waals surface area contributed by atoms with Gasteiger partial charge in [0.2, 0.25) is 16.8 Å². The predicted octanol–water partition coefficient (Wildman–Crippen LogP) is 0.517. The van der Waals surface area contributed by atoms with E-state index in [0.717, 1.165) is 0 Å². The van der Waals surface area contributed by atoms with E-state index < -0.39 is 29.2 Å². The molecule has 1 aromatic rings. The van der Waals surface area contributed by atoms with Crippen LogP contribution >= 0.6 is 0 Å². The lowest BCUT2D eigenvalue weighted by molar-refractivity contribution is -0.145. The van der Waals surface area contributed by atoms with Crippen LogP contribution in [0.3, 0.4) is 0 Å². The largest absolute Gasteiger partial charge is 0.466 e. The summed E-state index contributed by atoms with van der Waals surface area (Å²) in [5.74, 6) is -1.21. The van der Waals surface area contributed by atoms with Crippen molar-refractivity contribution in [2.24, 2.45) is 0 Å². The Labute approximate surface area is 112 Å². The highest BCUT2D eigenvalue weighted by atomic mass is 32.2. The molecule has 19 heavy (non-hydrogen) atoms. The summed E-state index contributed by atoms with van der Waals surface area (Å²) < 4.78 is 28.0. The second-order valence-electron chi connectivity index (χ2n) is 3.44. The number of nitrogens with one attached hydrogen (secondary N) is 2. The Morgan fingerprint density at radius 2 is 1.84 bits per heavy atom. The average Bonchev–Trinajstić information content (AvgIpc) is 2.31. The van der Waals surface area contributed by atoms with E-state index in [0.29, 0.717) is 0 Å². The molecule has 104 valence electrons. The van der Waals surface area contributed by atoms with Crippen molar-refractivity contribution < 1.29 is 22.7 Å². The maximum absolute atomic E-state index is 11.5. The van der Waals surface area contributed by atoms with Gasteiger partial charge in [0.15, 0.2) is 0 Å². The van der Waals surface area contributed by atoms with Crippen LogP contribution in [0, 0.1) is 0 Å². The molecule has 0 fully saturated rings. The molecule has 7 nitrogen and oxygen atoms in total. The highest BCUT2D eigenvalue weighted by molar-refractivity contribution is 7.73. The molecule has 0 unspecified atom stereocenters. The van der Waals surface area contributed by atoms with Gasteiger partial charge < -0.3 is 10.1 Å². The van der Waals surface area contributed by atoms with Crippen molar-refractivity contribution in [2.45, 2.75) is 13.3 Å². The smallest absolute Gasteiger partial charge is 0.315 e.